The molecule has 6 nitrogen and oxygen atoms in total. The molecule has 1 N–H and O–H groups in total. The van der Waals surface area contributed by atoms with E-state index < -0.39 is 27.5 Å². The van der Waals surface area contributed by atoms with Crippen molar-refractivity contribution < 1.29 is 26.7 Å². The molecule has 2 heterocycles. The van der Waals surface area contributed by atoms with Crippen molar-refractivity contribution in [2.75, 3.05) is 32.5 Å². The van der Waals surface area contributed by atoms with Crippen molar-refractivity contribution in [3.05, 3.63) is 0 Å². The zero-order chi connectivity index (χ0) is 16.9. The summed E-state index contributed by atoms with van der Waals surface area (Å²) in [5.41, 5.74) is -0.433. The Labute approximate surface area is 134 Å². The molecule has 0 aromatic carbocycles. The largest absolute Gasteiger partial charge is 0.372 e. The van der Waals surface area contributed by atoms with Gasteiger partial charge in [0.15, 0.2) is 0 Å². The van der Waals surface area contributed by atoms with Gasteiger partial charge in [-0.2, -0.15) is 4.31 Å². The lowest BCUT2D eigenvalue weighted by molar-refractivity contribution is -0.150. The molecule has 3 aliphatic rings. The zero-order valence-electron chi connectivity index (χ0n) is 13.1. The van der Waals surface area contributed by atoms with Crippen LogP contribution in [-0.2, 0) is 19.6 Å². The second-order valence-corrected chi connectivity index (χ2v) is 8.95. The van der Waals surface area contributed by atoms with Gasteiger partial charge in [0.1, 0.15) is 0 Å². The second-order valence-electron chi connectivity index (χ2n) is 6.97. The van der Waals surface area contributed by atoms with E-state index in [1.54, 1.807) is 0 Å². The average molecular weight is 352 g/mol. The maximum absolute atomic E-state index is 12.8. The molecule has 1 unspecified atom stereocenters. The second kappa shape index (κ2) is 5.63. The van der Waals surface area contributed by atoms with Crippen LogP contribution in [0.25, 0.3) is 0 Å². The summed E-state index contributed by atoms with van der Waals surface area (Å²) in [6, 6.07) is 0. The average Bonchev–Trinajstić information content (AvgIpc) is 2.76. The van der Waals surface area contributed by atoms with Gasteiger partial charge >= 0.3 is 0 Å². The molecular formula is C14H22F2N2O4S. The molecule has 1 amide bonds. The third-order valence-corrected chi connectivity index (χ3v) is 6.41. The van der Waals surface area contributed by atoms with Gasteiger partial charge in [0, 0.05) is 45.0 Å². The highest BCUT2D eigenvalue weighted by Crippen LogP contribution is 2.43. The lowest BCUT2D eigenvalue weighted by Crippen LogP contribution is -2.65. The fraction of sp³-hybridized carbons (Fsp3) is 0.929. The Morgan fingerprint density at radius 1 is 1.35 bits per heavy atom. The molecule has 2 saturated heterocycles. The topological polar surface area (TPSA) is 75.7 Å². The number of sulfonamides is 1. The minimum absolute atomic E-state index is 0.184. The third-order valence-electron chi connectivity index (χ3n) is 5.21. The Balaban J connectivity index is 1.43. The molecule has 132 valence electrons. The van der Waals surface area contributed by atoms with Crippen LogP contribution in [0.5, 0.6) is 0 Å². The summed E-state index contributed by atoms with van der Waals surface area (Å²) in [5.74, 6) is -3.39. The molecule has 9 heteroatoms. The van der Waals surface area contributed by atoms with Gasteiger partial charge in [-0.25, -0.2) is 17.2 Å². The Morgan fingerprint density at radius 2 is 2.00 bits per heavy atom. The van der Waals surface area contributed by atoms with Crippen LogP contribution in [0.15, 0.2) is 0 Å². The Bertz CT molecular complexity index is 582. The van der Waals surface area contributed by atoms with Gasteiger partial charge in [0.05, 0.1) is 11.9 Å². The van der Waals surface area contributed by atoms with Crippen LogP contribution in [0.1, 0.15) is 25.7 Å². The normalized spacial score (nSPS) is 30.0. The number of carbonyl (C=O) groups excluding carboxylic acids is 1. The molecule has 0 aromatic heterocycles. The van der Waals surface area contributed by atoms with Crippen molar-refractivity contribution in [1.29, 1.82) is 0 Å². The SMILES string of the molecule is CS(=O)(=O)N1CC2(C1)OCCC2CCNC(=O)C1CC(F)(F)C1. The molecule has 2 aliphatic heterocycles. The predicted octanol–water partition coefficient (Wildman–Crippen LogP) is 0.588. The molecule has 3 rings (SSSR count). The van der Waals surface area contributed by atoms with E-state index in [4.69, 9.17) is 4.74 Å². The van der Waals surface area contributed by atoms with E-state index in [0.717, 1.165) is 6.42 Å². The number of ether oxygens (including phenoxy) is 1. The summed E-state index contributed by atoms with van der Waals surface area (Å²) in [6.45, 7) is 1.72. The zero-order valence-corrected chi connectivity index (χ0v) is 13.9. The number of nitrogens with zero attached hydrogens (tertiary/aromatic N) is 1. The molecule has 1 spiro atoms. The van der Waals surface area contributed by atoms with Crippen LogP contribution in [0, 0.1) is 11.8 Å². The lowest BCUT2D eigenvalue weighted by atomic mass is 9.79. The summed E-state index contributed by atoms with van der Waals surface area (Å²) in [7, 11) is -3.19. The highest BCUT2D eigenvalue weighted by molar-refractivity contribution is 7.88. The number of carbonyl (C=O) groups is 1. The molecule has 23 heavy (non-hydrogen) atoms. The number of rotatable bonds is 5. The molecule has 0 aromatic rings. The fourth-order valence-corrected chi connectivity index (χ4v) is 4.59. The van der Waals surface area contributed by atoms with E-state index in [9.17, 15) is 22.0 Å². The van der Waals surface area contributed by atoms with Gasteiger partial charge in [-0.05, 0) is 18.8 Å². The Morgan fingerprint density at radius 3 is 2.57 bits per heavy atom. The van der Waals surface area contributed by atoms with Crippen molar-refractivity contribution in [1.82, 2.24) is 9.62 Å². The summed E-state index contributed by atoms with van der Waals surface area (Å²) in [6.07, 6.45) is 1.96. The minimum atomic E-state index is -3.19. The van der Waals surface area contributed by atoms with Gasteiger partial charge in [-0.15, -0.1) is 0 Å². The van der Waals surface area contributed by atoms with Crippen LogP contribution >= 0.6 is 0 Å². The molecule has 0 radical (unpaired) electrons. The Hall–Kier alpha value is -0.800. The molecule has 1 saturated carbocycles. The summed E-state index contributed by atoms with van der Waals surface area (Å²) >= 11 is 0. The highest BCUT2D eigenvalue weighted by Gasteiger charge is 2.55. The van der Waals surface area contributed by atoms with E-state index in [2.05, 4.69) is 5.32 Å². The number of amides is 1. The number of hydrogen-bond acceptors (Lipinski definition) is 4. The van der Waals surface area contributed by atoms with Crippen LogP contribution < -0.4 is 5.32 Å². The van der Waals surface area contributed by atoms with Crippen molar-refractivity contribution in [2.45, 2.75) is 37.2 Å². The Kier molecular flexibility index (Phi) is 4.17. The van der Waals surface area contributed by atoms with Gasteiger partial charge in [-0.3, -0.25) is 4.79 Å². The molecule has 3 fully saturated rings. The first kappa shape index (κ1) is 17.0. The number of alkyl halides is 2. The summed E-state index contributed by atoms with van der Waals surface area (Å²) < 4.78 is 55.6. The summed E-state index contributed by atoms with van der Waals surface area (Å²) in [5, 5.41) is 2.72. The van der Waals surface area contributed by atoms with Gasteiger partial charge in [0.25, 0.3) is 0 Å². The quantitative estimate of drug-likeness (QED) is 0.786. The maximum atomic E-state index is 12.8. The smallest absolute Gasteiger partial charge is 0.249 e. The van der Waals surface area contributed by atoms with Gasteiger partial charge in [0.2, 0.25) is 21.9 Å². The minimum Gasteiger partial charge on any atom is -0.372 e. The van der Waals surface area contributed by atoms with Crippen molar-refractivity contribution in [3.8, 4) is 0 Å². The van der Waals surface area contributed by atoms with Gasteiger partial charge in [-0.1, -0.05) is 0 Å². The van der Waals surface area contributed by atoms with Gasteiger partial charge < -0.3 is 10.1 Å². The molecule has 1 atom stereocenters. The van der Waals surface area contributed by atoms with E-state index >= 15 is 0 Å². The monoisotopic (exact) mass is 352 g/mol. The van der Waals surface area contributed by atoms with E-state index in [-0.39, 0.29) is 24.7 Å². The molecule has 0 bridgehead atoms. The van der Waals surface area contributed by atoms with Crippen molar-refractivity contribution in [2.24, 2.45) is 11.8 Å². The first-order valence-corrected chi connectivity index (χ1v) is 9.71. The third kappa shape index (κ3) is 3.36. The van der Waals surface area contributed by atoms with Crippen LogP contribution in [-0.4, -0.2) is 62.7 Å². The number of hydrogen-bond donors (Lipinski definition) is 1. The predicted molar refractivity (Wildman–Crippen MR) is 78.5 cm³/mol. The summed E-state index contributed by atoms with van der Waals surface area (Å²) in [4.78, 5) is 11.8. The first-order valence-electron chi connectivity index (χ1n) is 7.86. The fourth-order valence-electron chi connectivity index (χ4n) is 3.69. The standard InChI is InChI=1S/C14H22F2N2O4S/c1-23(20,21)18-8-13(9-18)11(3-5-22-13)2-4-17-12(19)10-6-14(15,16)7-10/h10-11H,2-9H2,1H3,(H,17,19). The van der Waals surface area contributed by atoms with E-state index in [1.807, 2.05) is 0 Å². The highest BCUT2D eigenvalue weighted by atomic mass is 32.2. The molecular weight excluding hydrogens is 330 g/mol. The van der Waals surface area contributed by atoms with Crippen molar-refractivity contribution >= 4 is 15.9 Å². The van der Waals surface area contributed by atoms with Crippen LogP contribution in [0.2, 0.25) is 0 Å². The van der Waals surface area contributed by atoms with Crippen LogP contribution in [0.3, 0.4) is 0 Å². The van der Waals surface area contributed by atoms with E-state index in [0.29, 0.717) is 32.7 Å². The van der Waals surface area contributed by atoms with E-state index in [1.165, 1.54) is 10.6 Å². The van der Waals surface area contributed by atoms with Crippen molar-refractivity contribution in [3.63, 3.8) is 0 Å². The number of nitrogens with one attached hydrogen (secondary N) is 1. The first-order chi connectivity index (χ1) is 10.6. The van der Waals surface area contributed by atoms with Crippen LogP contribution in [0.4, 0.5) is 8.78 Å². The lowest BCUT2D eigenvalue weighted by Gasteiger charge is -2.48. The molecule has 1 aliphatic carbocycles. The number of halogens is 2. The maximum Gasteiger partial charge on any atom is 0.249 e.